The Bertz CT molecular complexity index is 1080. The fourth-order valence-electron chi connectivity index (χ4n) is 3.34. The van der Waals surface area contributed by atoms with Gasteiger partial charge in [-0.2, -0.15) is 0 Å². The van der Waals surface area contributed by atoms with Crippen LogP contribution in [0.15, 0.2) is 58.8 Å². The molecule has 1 aromatic heterocycles. The average Bonchev–Trinajstić information content (AvgIpc) is 3.23. The van der Waals surface area contributed by atoms with E-state index >= 15 is 0 Å². The number of thioether (sulfide) groups is 1. The van der Waals surface area contributed by atoms with Gasteiger partial charge in [0.1, 0.15) is 0 Å². The maximum Gasteiger partial charge on any atom is 0.257 e. The van der Waals surface area contributed by atoms with E-state index in [9.17, 15) is 14.7 Å². The van der Waals surface area contributed by atoms with E-state index < -0.39 is 5.97 Å². The van der Waals surface area contributed by atoms with Gasteiger partial charge in [0.05, 0.1) is 5.69 Å². The van der Waals surface area contributed by atoms with Crippen molar-refractivity contribution in [3.63, 3.8) is 0 Å². The van der Waals surface area contributed by atoms with E-state index in [0.29, 0.717) is 16.4 Å². The number of carbonyl (C=O) groups excluding carboxylic acids is 2. The van der Waals surface area contributed by atoms with Gasteiger partial charge in [0, 0.05) is 40.5 Å². The van der Waals surface area contributed by atoms with E-state index in [-0.39, 0.29) is 12.3 Å². The first kappa shape index (κ1) is 25.8. The van der Waals surface area contributed by atoms with Gasteiger partial charge >= 0.3 is 0 Å². The van der Waals surface area contributed by atoms with Crippen LogP contribution in [0.4, 0.5) is 10.8 Å². The number of hydrogen-bond donors (Lipinski definition) is 2. The summed E-state index contributed by atoms with van der Waals surface area (Å²) in [7, 11) is 0. The first-order valence-corrected chi connectivity index (χ1v) is 13.3. The van der Waals surface area contributed by atoms with Gasteiger partial charge in [-0.15, -0.1) is 23.1 Å². The van der Waals surface area contributed by atoms with E-state index in [0.717, 1.165) is 35.9 Å². The van der Waals surface area contributed by atoms with Gasteiger partial charge in [0.2, 0.25) is 0 Å². The predicted molar refractivity (Wildman–Crippen MR) is 139 cm³/mol. The number of nitrogens with zero attached hydrogens (tertiary/aromatic N) is 1. The van der Waals surface area contributed by atoms with Crippen LogP contribution in [0.1, 0.15) is 48.3 Å². The number of carbonyl (C=O) groups is 2. The van der Waals surface area contributed by atoms with Gasteiger partial charge in [-0.05, 0) is 54.3 Å². The normalized spacial score (nSPS) is 10.9. The molecule has 0 saturated carbocycles. The highest BCUT2D eigenvalue weighted by molar-refractivity contribution is 7.99. The molecule has 0 spiro atoms. The number of hydrogen-bond acceptors (Lipinski definition) is 7. The highest BCUT2D eigenvalue weighted by atomic mass is 32.2. The third kappa shape index (κ3) is 8.50. The van der Waals surface area contributed by atoms with Crippen LogP contribution in [0.2, 0.25) is 0 Å². The fraction of sp³-hybridized carbons (Fsp3) is 0.346. The molecule has 0 fully saturated rings. The van der Waals surface area contributed by atoms with Gasteiger partial charge in [-0.3, -0.25) is 10.1 Å². The molecule has 0 unspecified atom stereocenters. The molecule has 34 heavy (non-hydrogen) atoms. The zero-order valence-electron chi connectivity index (χ0n) is 19.5. The van der Waals surface area contributed by atoms with Gasteiger partial charge in [-0.25, -0.2) is 4.98 Å². The number of benzene rings is 2. The van der Waals surface area contributed by atoms with Crippen LogP contribution in [0.25, 0.3) is 0 Å². The summed E-state index contributed by atoms with van der Waals surface area (Å²) >= 11 is 3.09. The molecule has 0 aliphatic rings. The molecular formula is C26H30N3O3S2-. The molecule has 3 aromatic rings. The van der Waals surface area contributed by atoms with E-state index in [2.05, 4.69) is 53.7 Å². The Morgan fingerprint density at radius 3 is 2.62 bits per heavy atom. The minimum atomic E-state index is -1.20. The molecule has 0 aliphatic heterocycles. The Kier molecular flexibility index (Phi) is 9.97. The lowest BCUT2D eigenvalue weighted by molar-refractivity contribution is -0.304. The summed E-state index contributed by atoms with van der Waals surface area (Å²) in [5.41, 5.74) is 3.20. The maximum absolute atomic E-state index is 12.5. The minimum absolute atomic E-state index is 0.267. The monoisotopic (exact) mass is 496 g/mol. The zero-order chi connectivity index (χ0) is 24.3. The summed E-state index contributed by atoms with van der Waals surface area (Å²) in [5.74, 6) is 0.396. The quantitative estimate of drug-likeness (QED) is 0.259. The summed E-state index contributed by atoms with van der Waals surface area (Å²) in [4.78, 5) is 28.5. The van der Waals surface area contributed by atoms with Crippen LogP contribution in [0.5, 0.6) is 0 Å². The van der Waals surface area contributed by atoms with Crippen molar-refractivity contribution in [2.45, 2.75) is 44.4 Å². The summed E-state index contributed by atoms with van der Waals surface area (Å²) in [6, 6.07) is 15.9. The van der Waals surface area contributed by atoms with Crippen molar-refractivity contribution in [3.8, 4) is 0 Å². The van der Waals surface area contributed by atoms with Crippen molar-refractivity contribution < 1.29 is 14.7 Å². The number of thiazole rings is 1. The molecule has 2 aromatic carbocycles. The fourth-order valence-corrected chi connectivity index (χ4v) is 5.05. The Morgan fingerprint density at radius 1 is 1.12 bits per heavy atom. The Balaban J connectivity index is 1.47. The molecule has 1 amide bonds. The zero-order valence-corrected chi connectivity index (χ0v) is 21.1. The molecule has 3 rings (SSSR count). The SMILES string of the molecule is CC(C)CCCSc1ccccc1NCCc1ccc(C(=O)Nc2nc(CC(=O)[O-])cs2)cc1. The first-order valence-electron chi connectivity index (χ1n) is 11.4. The maximum atomic E-state index is 12.5. The van der Waals surface area contributed by atoms with Gasteiger partial charge in [0.25, 0.3) is 5.91 Å². The van der Waals surface area contributed by atoms with Crippen molar-refractivity contribution in [2.24, 2.45) is 5.92 Å². The van der Waals surface area contributed by atoms with Gasteiger partial charge in [-0.1, -0.05) is 44.5 Å². The highest BCUT2D eigenvalue weighted by Gasteiger charge is 2.10. The number of aromatic nitrogens is 1. The highest BCUT2D eigenvalue weighted by Crippen LogP contribution is 2.28. The number of nitrogens with one attached hydrogen (secondary N) is 2. The van der Waals surface area contributed by atoms with Gasteiger partial charge in [0.15, 0.2) is 5.13 Å². The van der Waals surface area contributed by atoms with Crippen molar-refractivity contribution in [1.29, 1.82) is 0 Å². The number of para-hydroxylation sites is 1. The number of rotatable bonds is 13. The predicted octanol–water partition coefficient (Wildman–Crippen LogP) is 4.87. The average molecular weight is 497 g/mol. The molecule has 0 bridgehead atoms. The van der Waals surface area contributed by atoms with E-state index in [1.54, 1.807) is 17.5 Å². The number of carboxylic acids is 1. The lowest BCUT2D eigenvalue weighted by Gasteiger charge is -2.12. The van der Waals surface area contributed by atoms with Crippen LogP contribution < -0.4 is 15.7 Å². The van der Waals surface area contributed by atoms with Crippen molar-refractivity contribution >= 4 is 45.8 Å². The van der Waals surface area contributed by atoms with Crippen LogP contribution in [-0.2, 0) is 17.6 Å². The molecule has 0 radical (unpaired) electrons. The van der Waals surface area contributed by atoms with Crippen LogP contribution in [0, 0.1) is 5.92 Å². The second kappa shape index (κ2) is 13.2. The molecular weight excluding hydrogens is 466 g/mol. The molecule has 0 atom stereocenters. The number of carboxylic acid groups (broad SMARTS) is 1. The third-order valence-electron chi connectivity index (χ3n) is 5.11. The summed E-state index contributed by atoms with van der Waals surface area (Å²) in [6.07, 6.45) is 3.05. The van der Waals surface area contributed by atoms with Crippen LogP contribution in [0.3, 0.4) is 0 Å². The Morgan fingerprint density at radius 2 is 1.88 bits per heavy atom. The van der Waals surface area contributed by atoms with Crippen molar-refractivity contribution in [1.82, 2.24) is 4.98 Å². The second-order valence-corrected chi connectivity index (χ2v) is 10.4. The second-order valence-electron chi connectivity index (χ2n) is 8.40. The Hall–Kier alpha value is -2.84. The Labute approximate surface area is 209 Å². The molecule has 2 N–H and O–H groups in total. The van der Waals surface area contributed by atoms with E-state index in [1.807, 2.05) is 23.9 Å². The standard InChI is InChI=1S/C26H31N3O3S2/c1-18(2)6-5-15-33-23-8-4-3-7-22(23)27-14-13-19-9-11-20(12-10-19)25(32)29-26-28-21(17-34-26)16-24(30)31/h3-4,7-12,17-18,27H,5-6,13-16H2,1-2H3,(H,30,31)(H,28,29,32)/p-1. The molecule has 0 saturated heterocycles. The van der Waals surface area contributed by atoms with Crippen molar-refractivity contribution in [2.75, 3.05) is 22.9 Å². The van der Waals surface area contributed by atoms with E-state index in [4.69, 9.17) is 0 Å². The van der Waals surface area contributed by atoms with Crippen LogP contribution in [-0.4, -0.2) is 29.2 Å². The summed E-state index contributed by atoms with van der Waals surface area (Å²) in [6.45, 7) is 5.32. The molecule has 180 valence electrons. The lowest BCUT2D eigenvalue weighted by Crippen LogP contribution is -2.24. The van der Waals surface area contributed by atoms with Crippen molar-refractivity contribution in [3.05, 3.63) is 70.7 Å². The van der Waals surface area contributed by atoms with Gasteiger partial charge < -0.3 is 15.2 Å². The molecule has 8 heteroatoms. The molecule has 6 nitrogen and oxygen atoms in total. The molecule has 1 heterocycles. The smallest absolute Gasteiger partial charge is 0.257 e. The lowest BCUT2D eigenvalue weighted by atomic mass is 10.1. The number of aliphatic carboxylic acids is 1. The van der Waals surface area contributed by atoms with Crippen LogP contribution >= 0.6 is 23.1 Å². The van der Waals surface area contributed by atoms with E-state index in [1.165, 1.54) is 29.1 Å². The third-order valence-corrected chi connectivity index (χ3v) is 7.08. The first-order chi connectivity index (χ1) is 16.4. The summed E-state index contributed by atoms with van der Waals surface area (Å²) < 4.78 is 0. The minimum Gasteiger partial charge on any atom is -0.550 e. The largest absolute Gasteiger partial charge is 0.550 e. The number of anilines is 2. The number of amides is 1. The molecule has 0 aliphatic carbocycles. The summed E-state index contributed by atoms with van der Waals surface area (Å²) in [5, 5.41) is 18.9. The topological polar surface area (TPSA) is 94.2 Å².